The van der Waals surface area contributed by atoms with Crippen molar-refractivity contribution in [3.8, 4) is 0 Å². The summed E-state index contributed by atoms with van der Waals surface area (Å²) in [6.45, 7) is 6.95. The zero-order valence-electron chi connectivity index (χ0n) is 13.7. The lowest BCUT2D eigenvalue weighted by atomic mass is 10.1. The van der Waals surface area contributed by atoms with E-state index >= 15 is 0 Å². The van der Waals surface area contributed by atoms with Gasteiger partial charge in [-0.25, -0.2) is 4.79 Å². The van der Waals surface area contributed by atoms with Crippen LogP contribution in [0.1, 0.15) is 23.1 Å². The Balaban J connectivity index is 2.39. The van der Waals surface area contributed by atoms with Crippen molar-refractivity contribution in [2.24, 2.45) is 0 Å². The van der Waals surface area contributed by atoms with E-state index in [-0.39, 0.29) is 18.5 Å². The summed E-state index contributed by atoms with van der Waals surface area (Å²) in [5, 5.41) is 8.02. The minimum Gasteiger partial charge on any atom is -0.385 e. The van der Waals surface area contributed by atoms with Crippen LogP contribution in [-0.4, -0.2) is 38.7 Å². The number of ether oxygens (including phenoxy) is 1. The number of carbonyl (C=O) groups is 2. The highest BCUT2D eigenvalue weighted by Crippen LogP contribution is 2.21. The maximum absolute atomic E-state index is 11.9. The van der Waals surface area contributed by atoms with E-state index in [2.05, 4.69) is 16.0 Å². The molecule has 1 aromatic carbocycles. The van der Waals surface area contributed by atoms with Gasteiger partial charge in [0.05, 0.1) is 6.54 Å². The van der Waals surface area contributed by atoms with Gasteiger partial charge in [-0.1, -0.05) is 17.7 Å². The quantitative estimate of drug-likeness (QED) is 0.673. The number of amides is 3. The van der Waals surface area contributed by atoms with E-state index in [0.29, 0.717) is 13.2 Å². The number of nitrogens with one attached hydrogen (secondary N) is 3. The molecule has 0 bridgehead atoms. The zero-order chi connectivity index (χ0) is 16.5. The molecule has 6 nitrogen and oxygen atoms in total. The average Bonchev–Trinajstić information content (AvgIpc) is 2.45. The molecule has 0 aliphatic carbocycles. The Morgan fingerprint density at radius 3 is 2.32 bits per heavy atom. The lowest BCUT2D eigenvalue weighted by Crippen LogP contribution is -2.40. The van der Waals surface area contributed by atoms with Gasteiger partial charge < -0.3 is 20.7 Å². The number of urea groups is 1. The predicted octanol–water partition coefficient (Wildman–Crippen LogP) is 1.89. The molecule has 0 atom stereocenters. The van der Waals surface area contributed by atoms with Crippen molar-refractivity contribution in [2.75, 3.05) is 32.1 Å². The van der Waals surface area contributed by atoms with Crippen LogP contribution in [0.15, 0.2) is 12.1 Å². The Hall–Kier alpha value is -2.08. The van der Waals surface area contributed by atoms with Crippen LogP contribution in [0.2, 0.25) is 0 Å². The third kappa shape index (κ3) is 6.13. The van der Waals surface area contributed by atoms with Gasteiger partial charge in [-0.2, -0.15) is 0 Å². The Labute approximate surface area is 131 Å². The highest BCUT2D eigenvalue weighted by molar-refractivity contribution is 5.95. The summed E-state index contributed by atoms with van der Waals surface area (Å²) < 4.78 is 4.88. The van der Waals surface area contributed by atoms with Crippen LogP contribution in [0.3, 0.4) is 0 Å². The van der Waals surface area contributed by atoms with Crippen LogP contribution < -0.4 is 16.0 Å². The van der Waals surface area contributed by atoms with E-state index in [4.69, 9.17) is 4.74 Å². The van der Waals surface area contributed by atoms with Gasteiger partial charge in [0.25, 0.3) is 0 Å². The SMILES string of the molecule is COCCCNC(=O)NCC(=O)Nc1c(C)cc(C)cc1C. The third-order valence-corrected chi connectivity index (χ3v) is 3.16. The topological polar surface area (TPSA) is 79.5 Å². The molecule has 3 amide bonds. The van der Waals surface area contributed by atoms with E-state index in [0.717, 1.165) is 28.8 Å². The fourth-order valence-electron chi connectivity index (χ4n) is 2.20. The average molecular weight is 307 g/mol. The van der Waals surface area contributed by atoms with Crippen molar-refractivity contribution in [2.45, 2.75) is 27.2 Å². The smallest absolute Gasteiger partial charge is 0.315 e. The van der Waals surface area contributed by atoms with Crippen molar-refractivity contribution in [1.29, 1.82) is 0 Å². The summed E-state index contributed by atoms with van der Waals surface area (Å²) in [5.41, 5.74) is 3.98. The first-order valence-corrected chi connectivity index (χ1v) is 7.32. The zero-order valence-corrected chi connectivity index (χ0v) is 13.7. The molecule has 0 saturated heterocycles. The Bertz CT molecular complexity index is 506. The Morgan fingerprint density at radius 2 is 1.73 bits per heavy atom. The van der Waals surface area contributed by atoms with E-state index in [1.165, 1.54) is 0 Å². The summed E-state index contributed by atoms with van der Waals surface area (Å²) in [5.74, 6) is -0.248. The van der Waals surface area contributed by atoms with Crippen molar-refractivity contribution < 1.29 is 14.3 Å². The van der Waals surface area contributed by atoms with Crippen LogP contribution in [0.25, 0.3) is 0 Å². The minimum absolute atomic E-state index is 0.0666. The van der Waals surface area contributed by atoms with Crippen LogP contribution in [0.4, 0.5) is 10.5 Å². The van der Waals surface area contributed by atoms with Crippen molar-refractivity contribution in [3.05, 3.63) is 28.8 Å². The van der Waals surface area contributed by atoms with E-state index in [1.807, 2.05) is 32.9 Å². The first-order valence-electron chi connectivity index (χ1n) is 7.32. The number of carbonyl (C=O) groups excluding carboxylic acids is 2. The summed E-state index contributed by atoms with van der Waals surface area (Å²) in [6.07, 6.45) is 0.734. The second-order valence-corrected chi connectivity index (χ2v) is 5.28. The molecule has 0 heterocycles. The lowest BCUT2D eigenvalue weighted by molar-refractivity contribution is -0.115. The Morgan fingerprint density at radius 1 is 1.09 bits per heavy atom. The summed E-state index contributed by atoms with van der Waals surface area (Å²) in [6, 6.07) is 3.67. The molecular weight excluding hydrogens is 282 g/mol. The maximum Gasteiger partial charge on any atom is 0.315 e. The first-order chi connectivity index (χ1) is 10.4. The molecule has 122 valence electrons. The fourth-order valence-corrected chi connectivity index (χ4v) is 2.20. The molecule has 0 aliphatic rings. The number of methoxy groups -OCH3 is 1. The molecule has 0 radical (unpaired) electrons. The van der Waals surface area contributed by atoms with Gasteiger partial charge in [0, 0.05) is 25.9 Å². The largest absolute Gasteiger partial charge is 0.385 e. The van der Waals surface area contributed by atoms with Crippen molar-refractivity contribution in [1.82, 2.24) is 10.6 Å². The second-order valence-electron chi connectivity index (χ2n) is 5.28. The third-order valence-electron chi connectivity index (χ3n) is 3.16. The standard InChI is InChI=1S/C16H25N3O3/c1-11-8-12(2)15(13(3)9-11)19-14(20)10-18-16(21)17-6-5-7-22-4/h8-9H,5-7,10H2,1-4H3,(H,19,20)(H2,17,18,21). The number of hydrogen-bond donors (Lipinski definition) is 3. The molecule has 0 spiro atoms. The number of rotatable bonds is 7. The van der Waals surface area contributed by atoms with Crippen molar-refractivity contribution >= 4 is 17.6 Å². The summed E-state index contributed by atoms with van der Waals surface area (Å²) >= 11 is 0. The van der Waals surface area contributed by atoms with Crippen LogP contribution in [-0.2, 0) is 9.53 Å². The summed E-state index contributed by atoms with van der Waals surface area (Å²) in [4.78, 5) is 23.4. The molecule has 0 saturated carbocycles. The van der Waals surface area contributed by atoms with Crippen LogP contribution in [0.5, 0.6) is 0 Å². The monoisotopic (exact) mass is 307 g/mol. The van der Waals surface area contributed by atoms with Crippen molar-refractivity contribution in [3.63, 3.8) is 0 Å². The number of aryl methyl sites for hydroxylation is 3. The van der Waals surface area contributed by atoms with Gasteiger partial charge >= 0.3 is 6.03 Å². The number of benzene rings is 1. The molecule has 0 unspecified atom stereocenters. The van der Waals surface area contributed by atoms with Gasteiger partial charge in [-0.05, 0) is 38.3 Å². The van der Waals surface area contributed by atoms with E-state index in [9.17, 15) is 9.59 Å². The number of hydrogen-bond acceptors (Lipinski definition) is 3. The molecule has 1 aromatic rings. The fraction of sp³-hybridized carbons (Fsp3) is 0.500. The molecule has 1 rings (SSSR count). The maximum atomic E-state index is 11.9. The molecule has 0 fully saturated rings. The summed E-state index contributed by atoms with van der Waals surface area (Å²) in [7, 11) is 1.61. The lowest BCUT2D eigenvalue weighted by Gasteiger charge is -2.13. The molecule has 0 aromatic heterocycles. The highest BCUT2D eigenvalue weighted by atomic mass is 16.5. The van der Waals surface area contributed by atoms with Gasteiger partial charge in [0.1, 0.15) is 0 Å². The highest BCUT2D eigenvalue weighted by Gasteiger charge is 2.09. The van der Waals surface area contributed by atoms with Crippen LogP contribution >= 0.6 is 0 Å². The van der Waals surface area contributed by atoms with Gasteiger partial charge in [0.2, 0.25) is 5.91 Å². The van der Waals surface area contributed by atoms with E-state index in [1.54, 1.807) is 7.11 Å². The Kier molecular flexibility index (Phi) is 7.39. The minimum atomic E-state index is -0.358. The molecular formula is C16H25N3O3. The molecule has 3 N–H and O–H groups in total. The van der Waals surface area contributed by atoms with E-state index < -0.39 is 0 Å². The normalized spacial score (nSPS) is 10.2. The predicted molar refractivity (Wildman–Crippen MR) is 87.2 cm³/mol. The van der Waals surface area contributed by atoms with Crippen LogP contribution in [0, 0.1) is 20.8 Å². The first kappa shape index (κ1) is 18.0. The second kappa shape index (κ2) is 9.04. The van der Waals surface area contributed by atoms with Gasteiger partial charge in [-0.3, -0.25) is 4.79 Å². The number of anilines is 1. The molecule has 0 aliphatic heterocycles. The molecule has 6 heteroatoms. The van der Waals surface area contributed by atoms with Gasteiger partial charge in [-0.15, -0.1) is 0 Å². The van der Waals surface area contributed by atoms with Gasteiger partial charge in [0.15, 0.2) is 0 Å². The molecule has 22 heavy (non-hydrogen) atoms.